The van der Waals surface area contributed by atoms with E-state index in [0.717, 1.165) is 16.0 Å². The van der Waals surface area contributed by atoms with Crippen molar-refractivity contribution in [1.29, 1.82) is 0 Å². The Morgan fingerprint density at radius 2 is 2.12 bits per heavy atom. The van der Waals surface area contributed by atoms with Crippen LogP contribution in [0.2, 0.25) is 0 Å². The van der Waals surface area contributed by atoms with E-state index in [-0.39, 0.29) is 5.82 Å². The number of rotatable bonds is 1. The van der Waals surface area contributed by atoms with Crippen LogP contribution in [-0.2, 0) is 12.0 Å². The third kappa shape index (κ3) is 1.46. The Kier molecular flexibility index (Phi) is 2.35. The number of aliphatic hydroxyl groups is 1. The van der Waals surface area contributed by atoms with Crippen LogP contribution in [0.15, 0.2) is 29.6 Å². The van der Waals surface area contributed by atoms with E-state index in [4.69, 9.17) is 0 Å². The van der Waals surface area contributed by atoms with Crippen LogP contribution < -0.4 is 0 Å². The molecule has 1 unspecified atom stereocenters. The van der Waals surface area contributed by atoms with E-state index in [1.807, 2.05) is 24.4 Å². The van der Waals surface area contributed by atoms with Gasteiger partial charge < -0.3 is 5.11 Å². The maximum Gasteiger partial charge on any atom is 0.126 e. The standard InChI is InChI=1S/C14H13FOS/c1-9-11(6-8-17-9)14(16)7-5-10-12(14)3-2-4-13(10)15/h2-4,6,8,16H,5,7H2,1H3. The molecule has 0 aliphatic heterocycles. The molecule has 1 heterocycles. The summed E-state index contributed by atoms with van der Waals surface area (Å²) < 4.78 is 13.7. The molecule has 0 spiro atoms. The van der Waals surface area contributed by atoms with Gasteiger partial charge in [-0.25, -0.2) is 4.39 Å². The van der Waals surface area contributed by atoms with Gasteiger partial charge in [0.1, 0.15) is 11.4 Å². The van der Waals surface area contributed by atoms with Crippen molar-refractivity contribution in [2.45, 2.75) is 25.4 Å². The molecule has 88 valence electrons. The first-order chi connectivity index (χ1) is 8.13. The van der Waals surface area contributed by atoms with E-state index in [9.17, 15) is 9.50 Å². The Morgan fingerprint density at radius 3 is 2.82 bits per heavy atom. The fourth-order valence-corrected chi connectivity index (χ4v) is 3.51. The second kappa shape index (κ2) is 3.65. The third-order valence-corrected chi connectivity index (χ3v) is 4.45. The second-order valence-corrected chi connectivity index (χ2v) is 5.64. The van der Waals surface area contributed by atoms with E-state index in [1.165, 1.54) is 6.07 Å². The Morgan fingerprint density at radius 1 is 1.29 bits per heavy atom. The molecule has 3 heteroatoms. The molecular weight excluding hydrogens is 235 g/mol. The number of hydrogen-bond acceptors (Lipinski definition) is 2. The molecule has 0 amide bonds. The molecule has 2 aromatic rings. The van der Waals surface area contributed by atoms with Crippen LogP contribution in [0.1, 0.15) is 28.0 Å². The summed E-state index contributed by atoms with van der Waals surface area (Å²) >= 11 is 1.61. The first kappa shape index (κ1) is 10.9. The number of fused-ring (bicyclic) bond motifs is 1. The summed E-state index contributed by atoms with van der Waals surface area (Å²) in [5.41, 5.74) is 1.33. The minimum atomic E-state index is -0.998. The van der Waals surface area contributed by atoms with Crippen molar-refractivity contribution in [3.05, 3.63) is 57.0 Å². The van der Waals surface area contributed by atoms with Gasteiger partial charge in [-0.15, -0.1) is 11.3 Å². The Labute approximate surface area is 104 Å². The second-order valence-electron chi connectivity index (χ2n) is 4.52. The molecule has 1 aromatic heterocycles. The van der Waals surface area contributed by atoms with E-state index < -0.39 is 5.60 Å². The average Bonchev–Trinajstić information content (AvgIpc) is 2.86. The topological polar surface area (TPSA) is 20.2 Å². The fraction of sp³-hybridized carbons (Fsp3) is 0.286. The van der Waals surface area contributed by atoms with Gasteiger partial charge in [-0.05, 0) is 48.4 Å². The normalized spacial score (nSPS) is 22.8. The lowest BCUT2D eigenvalue weighted by atomic mass is 9.88. The zero-order chi connectivity index (χ0) is 12.0. The quantitative estimate of drug-likeness (QED) is 0.820. The molecule has 1 N–H and O–H groups in total. The molecule has 3 rings (SSSR count). The van der Waals surface area contributed by atoms with Crippen LogP contribution in [0, 0.1) is 12.7 Å². The summed E-state index contributed by atoms with van der Waals surface area (Å²) in [4.78, 5) is 1.10. The summed E-state index contributed by atoms with van der Waals surface area (Å²) in [5.74, 6) is -0.202. The number of hydrogen-bond donors (Lipinski definition) is 1. The predicted molar refractivity (Wildman–Crippen MR) is 66.8 cm³/mol. The highest BCUT2D eigenvalue weighted by molar-refractivity contribution is 7.10. The summed E-state index contributed by atoms with van der Waals surface area (Å²) in [6, 6.07) is 6.92. The summed E-state index contributed by atoms with van der Waals surface area (Å²) in [6.45, 7) is 2.00. The molecule has 0 radical (unpaired) electrons. The van der Waals surface area contributed by atoms with Gasteiger partial charge in [0.05, 0.1) is 0 Å². The highest BCUT2D eigenvalue weighted by Crippen LogP contribution is 2.44. The zero-order valence-corrected chi connectivity index (χ0v) is 10.4. The third-order valence-electron chi connectivity index (χ3n) is 3.61. The van der Waals surface area contributed by atoms with Crippen LogP contribution in [-0.4, -0.2) is 5.11 Å². The van der Waals surface area contributed by atoms with Gasteiger partial charge in [0, 0.05) is 10.4 Å². The van der Waals surface area contributed by atoms with Crippen molar-refractivity contribution in [3.63, 3.8) is 0 Å². The minimum absolute atomic E-state index is 0.202. The number of halogens is 1. The summed E-state index contributed by atoms with van der Waals surface area (Å²) in [5, 5.41) is 12.8. The van der Waals surface area contributed by atoms with Gasteiger partial charge in [0.15, 0.2) is 0 Å². The van der Waals surface area contributed by atoms with Crippen molar-refractivity contribution >= 4 is 11.3 Å². The lowest BCUT2D eigenvalue weighted by Crippen LogP contribution is -2.24. The van der Waals surface area contributed by atoms with Gasteiger partial charge in [-0.2, -0.15) is 0 Å². The average molecular weight is 248 g/mol. The molecule has 17 heavy (non-hydrogen) atoms. The predicted octanol–water partition coefficient (Wildman–Crippen LogP) is 3.38. The Balaban J connectivity index is 2.21. The lowest BCUT2D eigenvalue weighted by molar-refractivity contribution is 0.0828. The van der Waals surface area contributed by atoms with Gasteiger partial charge in [-0.3, -0.25) is 0 Å². The van der Waals surface area contributed by atoms with E-state index in [1.54, 1.807) is 17.4 Å². The van der Waals surface area contributed by atoms with Crippen LogP contribution in [0.5, 0.6) is 0 Å². The van der Waals surface area contributed by atoms with Crippen molar-refractivity contribution in [2.24, 2.45) is 0 Å². The summed E-state index contributed by atoms with van der Waals surface area (Å²) in [7, 11) is 0. The van der Waals surface area contributed by atoms with Crippen LogP contribution in [0.25, 0.3) is 0 Å². The number of benzene rings is 1. The first-order valence-electron chi connectivity index (χ1n) is 5.68. The maximum absolute atomic E-state index is 13.7. The van der Waals surface area contributed by atoms with Crippen molar-refractivity contribution in [3.8, 4) is 0 Å². The smallest absolute Gasteiger partial charge is 0.126 e. The van der Waals surface area contributed by atoms with Gasteiger partial charge in [0.25, 0.3) is 0 Å². The SMILES string of the molecule is Cc1sccc1C1(O)CCc2c(F)cccc21. The van der Waals surface area contributed by atoms with Crippen molar-refractivity contribution < 1.29 is 9.50 Å². The molecule has 1 aliphatic carbocycles. The molecular formula is C14H13FOS. The molecule has 0 saturated carbocycles. The molecule has 1 aromatic carbocycles. The van der Waals surface area contributed by atoms with Gasteiger partial charge in [0.2, 0.25) is 0 Å². The van der Waals surface area contributed by atoms with Gasteiger partial charge in [-0.1, -0.05) is 12.1 Å². The maximum atomic E-state index is 13.7. The van der Waals surface area contributed by atoms with Crippen LogP contribution >= 0.6 is 11.3 Å². The highest BCUT2D eigenvalue weighted by atomic mass is 32.1. The van der Waals surface area contributed by atoms with Crippen LogP contribution in [0.4, 0.5) is 4.39 Å². The molecule has 1 nitrogen and oxygen atoms in total. The molecule has 0 saturated heterocycles. The molecule has 0 bridgehead atoms. The molecule has 1 atom stereocenters. The van der Waals surface area contributed by atoms with Gasteiger partial charge >= 0.3 is 0 Å². The number of thiophene rings is 1. The monoisotopic (exact) mass is 248 g/mol. The minimum Gasteiger partial charge on any atom is -0.380 e. The summed E-state index contributed by atoms with van der Waals surface area (Å²) in [6.07, 6.45) is 1.18. The Hall–Kier alpha value is -1.19. The van der Waals surface area contributed by atoms with E-state index >= 15 is 0 Å². The lowest BCUT2D eigenvalue weighted by Gasteiger charge is -2.24. The first-order valence-corrected chi connectivity index (χ1v) is 6.56. The van der Waals surface area contributed by atoms with Crippen molar-refractivity contribution in [2.75, 3.05) is 0 Å². The Bertz CT molecular complexity index is 575. The molecule has 0 fully saturated rings. The van der Waals surface area contributed by atoms with Crippen LogP contribution in [0.3, 0.4) is 0 Å². The highest BCUT2D eigenvalue weighted by Gasteiger charge is 2.40. The van der Waals surface area contributed by atoms with Crippen molar-refractivity contribution in [1.82, 2.24) is 0 Å². The largest absolute Gasteiger partial charge is 0.380 e. The van der Waals surface area contributed by atoms with E-state index in [0.29, 0.717) is 18.4 Å². The van der Waals surface area contributed by atoms with E-state index in [2.05, 4.69) is 0 Å². The zero-order valence-electron chi connectivity index (χ0n) is 9.53. The fourth-order valence-electron chi connectivity index (χ4n) is 2.73. The number of aryl methyl sites for hydroxylation is 1. The molecule has 1 aliphatic rings.